The number of primary amides is 1. The van der Waals surface area contributed by atoms with Crippen LogP contribution in [0.15, 0.2) is 12.2 Å². The summed E-state index contributed by atoms with van der Waals surface area (Å²) in [6.45, 7) is 1.89. The van der Waals surface area contributed by atoms with Gasteiger partial charge in [-0.15, -0.1) is 0 Å². The first kappa shape index (κ1) is 10.7. The lowest BCUT2D eigenvalue weighted by Crippen LogP contribution is -2.20. The number of carboxylic acid groups (broad SMARTS) is 1. The van der Waals surface area contributed by atoms with Gasteiger partial charge in [-0.1, -0.05) is 19.1 Å². The molecule has 0 saturated carbocycles. The fraction of sp³-hybridized carbons (Fsp3) is 0.500. The molecule has 0 fully saturated rings. The van der Waals surface area contributed by atoms with Crippen LogP contribution >= 0.6 is 0 Å². The Morgan fingerprint density at radius 3 is 2.50 bits per heavy atom. The summed E-state index contributed by atoms with van der Waals surface area (Å²) in [5.41, 5.74) is 4.87. The molecule has 1 unspecified atom stereocenters. The van der Waals surface area contributed by atoms with Gasteiger partial charge in [0.25, 0.3) is 0 Å². The number of carbonyl (C=O) groups is 2. The second kappa shape index (κ2) is 5.35. The fourth-order valence-electron chi connectivity index (χ4n) is 0.755. The van der Waals surface area contributed by atoms with E-state index in [4.69, 9.17) is 10.8 Å². The van der Waals surface area contributed by atoms with Crippen molar-refractivity contribution in [2.45, 2.75) is 19.8 Å². The molecule has 4 nitrogen and oxygen atoms in total. The topological polar surface area (TPSA) is 80.4 Å². The molecule has 1 atom stereocenters. The van der Waals surface area contributed by atoms with E-state index in [0.29, 0.717) is 0 Å². The maximum absolute atomic E-state index is 10.5. The number of hydrogen-bond acceptors (Lipinski definition) is 2. The number of amides is 1. The molecule has 0 aliphatic rings. The van der Waals surface area contributed by atoms with Crippen molar-refractivity contribution in [3.05, 3.63) is 12.2 Å². The van der Waals surface area contributed by atoms with Crippen molar-refractivity contribution in [3.63, 3.8) is 0 Å². The lowest BCUT2D eigenvalue weighted by Gasteiger charge is -2.02. The predicted molar refractivity (Wildman–Crippen MR) is 44.4 cm³/mol. The molecule has 12 heavy (non-hydrogen) atoms. The Morgan fingerprint density at radius 1 is 1.58 bits per heavy atom. The van der Waals surface area contributed by atoms with Crippen molar-refractivity contribution in [2.75, 3.05) is 0 Å². The Morgan fingerprint density at radius 2 is 2.17 bits per heavy atom. The van der Waals surface area contributed by atoms with E-state index in [0.717, 1.165) is 6.42 Å². The highest BCUT2D eigenvalue weighted by Crippen LogP contribution is 2.05. The Balaban J connectivity index is 4.14. The van der Waals surface area contributed by atoms with E-state index in [-0.39, 0.29) is 6.42 Å². The summed E-state index contributed by atoms with van der Waals surface area (Å²) < 4.78 is 0. The quantitative estimate of drug-likeness (QED) is 0.592. The molecule has 0 bridgehead atoms. The van der Waals surface area contributed by atoms with Crippen LogP contribution in [-0.4, -0.2) is 17.0 Å². The standard InChI is InChI=1S/C8H13NO3/c1-2-3-4-6(8(11)12)5-7(9)10/h3-4,6H,2,5H2,1H3,(H2,9,10)(H,11,12)/b4-3+. The van der Waals surface area contributed by atoms with Crippen LogP contribution < -0.4 is 5.73 Å². The molecule has 0 aliphatic carbocycles. The Hall–Kier alpha value is -1.32. The monoisotopic (exact) mass is 171 g/mol. The van der Waals surface area contributed by atoms with Crippen LogP contribution in [0.3, 0.4) is 0 Å². The van der Waals surface area contributed by atoms with Gasteiger partial charge in [0, 0.05) is 6.42 Å². The molecule has 0 saturated heterocycles. The molecule has 68 valence electrons. The van der Waals surface area contributed by atoms with Gasteiger partial charge in [-0.2, -0.15) is 0 Å². The average Bonchev–Trinajstić information content (AvgIpc) is 1.96. The average molecular weight is 171 g/mol. The van der Waals surface area contributed by atoms with E-state index in [1.165, 1.54) is 6.08 Å². The summed E-state index contributed by atoms with van der Waals surface area (Å²) >= 11 is 0. The molecule has 4 heteroatoms. The maximum Gasteiger partial charge on any atom is 0.310 e. The van der Waals surface area contributed by atoms with Gasteiger partial charge in [0.1, 0.15) is 0 Å². The zero-order valence-electron chi connectivity index (χ0n) is 6.99. The van der Waals surface area contributed by atoms with Crippen molar-refractivity contribution in [3.8, 4) is 0 Å². The smallest absolute Gasteiger partial charge is 0.310 e. The van der Waals surface area contributed by atoms with E-state index in [1.807, 2.05) is 6.92 Å². The molecule has 3 N–H and O–H groups in total. The predicted octanol–water partition coefficient (Wildman–Crippen LogP) is 0.529. The Labute approximate surface area is 71.1 Å². The van der Waals surface area contributed by atoms with Crippen molar-refractivity contribution >= 4 is 11.9 Å². The molecule has 0 aromatic rings. The third kappa shape index (κ3) is 4.49. The van der Waals surface area contributed by atoms with E-state index in [2.05, 4.69) is 0 Å². The number of carbonyl (C=O) groups excluding carboxylic acids is 1. The molecule has 0 rings (SSSR count). The number of rotatable bonds is 5. The van der Waals surface area contributed by atoms with Crippen molar-refractivity contribution in [1.29, 1.82) is 0 Å². The highest BCUT2D eigenvalue weighted by molar-refractivity contribution is 5.82. The van der Waals surface area contributed by atoms with E-state index in [1.54, 1.807) is 6.08 Å². The Kier molecular flexibility index (Phi) is 4.76. The van der Waals surface area contributed by atoms with Crippen LogP contribution in [0.25, 0.3) is 0 Å². The number of nitrogens with two attached hydrogens (primary N) is 1. The largest absolute Gasteiger partial charge is 0.481 e. The first-order valence-corrected chi connectivity index (χ1v) is 3.75. The van der Waals surface area contributed by atoms with Crippen molar-refractivity contribution in [2.24, 2.45) is 11.7 Å². The van der Waals surface area contributed by atoms with Gasteiger partial charge >= 0.3 is 5.97 Å². The number of allylic oxidation sites excluding steroid dienone is 1. The second-order valence-corrected chi connectivity index (χ2v) is 2.45. The summed E-state index contributed by atoms with van der Waals surface area (Å²) in [5, 5.41) is 8.59. The molecular formula is C8H13NO3. The van der Waals surface area contributed by atoms with Crippen LogP contribution in [0.2, 0.25) is 0 Å². The molecule has 0 heterocycles. The van der Waals surface area contributed by atoms with Gasteiger partial charge in [-0.05, 0) is 6.42 Å². The minimum Gasteiger partial charge on any atom is -0.481 e. The van der Waals surface area contributed by atoms with Crippen LogP contribution in [0.5, 0.6) is 0 Å². The van der Waals surface area contributed by atoms with Gasteiger partial charge < -0.3 is 10.8 Å². The van der Waals surface area contributed by atoms with Crippen LogP contribution in [0.4, 0.5) is 0 Å². The number of carboxylic acids is 1. The number of hydrogen-bond donors (Lipinski definition) is 2. The van der Waals surface area contributed by atoms with Crippen molar-refractivity contribution < 1.29 is 14.7 Å². The molecule has 0 radical (unpaired) electrons. The van der Waals surface area contributed by atoms with E-state index >= 15 is 0 Å². The number of aliphatic carboxylic acids is 1. The van der Waals surface area contributed by atoms with Gasteiger partial charge in [0.2, 0.25) is 5.91 Å². The summed E-state index contributed by atoms with van der Waals surface area (Å²) in [6, 6.07) is 0. The van der Waals surface area contributed by atoms with E-state index < -0.39 is 17.8 Å². The first-order chi connectivity index (χ1) is 5.57. The van der Waals surface area contributed by atoms with E-state index in [9.17, 15) is 9.59 Å². The maximum atomic E-state index is 10.5. The van der Waals surface area contributed by atoms with Crippen molar-refractivity contribution in [1.82, 2.24) is 0 Å². The van der Waals surface area contributed by atoms with Crippen LogP contribution in [0, 0.1) is 5.92 Å². The van der Waals surface area contributed by atoms with Gasteiger partial charge in [-0.3, -0.25) is 9.59 Å². The summed E-state index contributed by atoms with van der Waals surface area (Å²) in [4.78, 5) is 20.9. The molecular weight excluding hydrogens is 158 g/mol. The lowest BCUT2D eigenvalue weighted by molar-refractivity contribution is -0.141. The third-order valence-corrected chi connectivity index (χ3v) is 1.34. The minimum absolute atomic E-state index is 0.133. The van der Waals surface area contributed by atoms with Gasteiger partial charge in [-0.25, -0.2) is 0 Å². The highest BCUT2D eigenvalue weighted by atomic mass is 16.4. The second-order valence-electron chi connectivity index (χ2n) is 2.45. The fourth-order valence-corrected chi connectivity index (χ4v) is 0.755. The zero-order valence-corrected chi connectivity index (χ0v) is 6.99. The molecule has 0 aromatic heterocycles. The van der Waals surface area contributed by atoms with Crippen LogP contribution in [0.1, 0.15) is 19.8 Å². The molecule has 1 amide bonds. The molecule has 0 spiro atoms. The normalized spacial score (nSPS) is 13.1. The SMILES string of the molecule is CC/C=C/C(CC(N)=O)C(=O)O. The summed E-state index contributed by atoms with van der Waals surface area (Å²) in [6.07, 6.45) is 3.82. The third-order valence-electron chi connectivity index (χ3n) is 1.34. The highest BCUT2D eigenvalue weighted by Gasteiger charge is 2.15. The summed E-state index contributed by atoms with van der Waals surface area (Å²) in [5.74, 6) is -2.39. The lowest BCUT2D eigenvalue weighted by atomic mass is 10.0. The Bertz CT molecular complexity index is 198. The first-order valence-electron chi connectivity index (χ1n) is 3.75. The van der Waals surface area contributed by atoms with Crippen LogP contribution in [-0.2, 0) is 9.59 Å². The zero-order chi connectivity index (χ0) is 9.56. The molecule has 0 aromatic carbocycles. The van der Waals surface area contributed by atoms with Gasteiger partial charge in [0.15, 0.2) is 0 Å². The minimum atomic E-state index is -1.02. The molecule has 0 aliphatic heterocycles. The summed E-state index contributed by atoms with van der Waals surface area (Å²) in [7, 11) is 0. The van der Waals surface area contributed by atoms with Gasteiger partial charge in [0.05, 0.1) is 5.92 Å².